The lowest BCUT2D eigenvalue weighted by Gasteiger charge is -2.11. The van der Waals surface area contributed by atoms with Gasteiger partial charge < -0.3 is 20.1 Å². The van der Waals surface area contributed by atoms with Crippen molar-refractivity contribution >= 4 is 29.0 Å². The Bertz CT molecular complexity index is 820. The lowest BCUT2D eigenvalue weighted by molar-refractivity contribution is -0.539. The Morgan fingerprint density at radius 3 is 2.52 bits per heavy atom. The Hall–Kier alpha value is -3.26. The molecule has 1 amide bonds. The van der Waals surface area contributed by atoms with Crippen LogP contribution >= 0.6 is 0 Å². The number of carbonyl (C=O) groups is 2. The number of nitrogens with one attached hydrogen (secondary N) is 2. The maximum atomic E-state index is 12.4. The SMILES string of the molecule is C[NH2+]c1ccccc1C(=N)C(=O)Nc1ccc(OC)nc1C(=O)OC. The zero-order valence-electron chi connectivity index (χ0n) is 14.1. The van der Waals surface area contributed by atoms with Crippen LogP contribution in [0.1, 0.15) is 16.1 Å². The molecular formula is C17H19N4O4+. The first-order chi connectivity index (χ1) is 12.0. The number of para-hydroxylation sites is 1. The van der Waals surface area contributed by atoms with Gasteiger partial charge in [-0.25, -0.2) is 9.78 Å². The van der Waals surface area contributed by atoms with Crippen molar-refractivity contribution in [3.05, 3.63) is 47.7 Å². The minimum absolute atomic E-state index is 0.0988. The largest absolute Gasteiger partial charge is 0.481 e. The summed E-state index contributed by atoms with van der Waals surface area (Å²) in [4.78, 5) is 28.3. The summed E-state index contributed by atoms with van der Waals surface area (Å²) in [6, 6.07) is 10.0. The predicted octanol–water partition coefficient (Wildman–Crippen LogP) is 0.708. The lowest BCUT2D eigenvalue weighted by Crippen LogP contribution is -2.73. The van der Waals surface area contributed by atoms with Crippen molar-refractivity contribution < 1.29 is 24.4 Å². The van der Waals surface area contributed by atoms with E-state index in [4.69, 9.17) is 10.1 Å². The van der Waals surface area contributed by atoms with E-state index in [1.807, 2.05) is 24.5 Å². The third-order valence-electron chi connectivity index (χ3n) is 3.47. The van der Waals surface area contributed by atoms with Crippen molar-refractivity contribution in [1.82, 2.24) is 4.98 Å². The highest BCUT2D eigenvalue weighted by atomic mass is 16.5. The summed E-state index contributed by atoms with van der Waals surface area (Å²) in [5.74, 6) is -1.17. The van der Waals surface area contributed by atoms with Crippen LogP contribution in [0.5, 0.6) is 5.88 Å². The predicted molar refractivity (Wildman–Crippen MR) is 91.5 cm³/mol. The number of quaternary nitrogens is 1. The molecule has 0 unspecified atom stereocenters. The van der Waals surface area contributed by atoms with Gasteiger partial charge in [0.1, 0.15) is 11.4 Å². The molecule has 1 aromatic carbocycles. The van der Waals surface area contributed by atoms with Gasteiger partial charge in [-0.15, -0.1) is 0 Å². The Balaban J connectivity index is 2.31. The van der Waals surface area contributed by atoms with E-state index < -0.39 is 11.9 Å². The monoisotopic (exact) mass is 343 g/mol. The second kappa shape index (κ2) is 8.02. The third-order valence-corrected chi connectivity index (χ3v) is 3.47. The van der Waals surface area contributed by atoms with Gasteiger partial charge in [0.2, 0.25) is 5.88 Å². The number of methoxy groups -OCH3 is 2. The number of esters is 1. The molecule has 8 heteroatoms. The average Bonchev–Trinajstić information content (AvgIpc) is 2.66. The van der Waals surface area contributed by atoms with E-state index in [0.717, 1.165) is 5.69 Å². The number of nitrogens with two attached hydrogens (primary N) is 1. The molecule has 0 aliphatic rings. The molecule has 0 bridgehead atoms. The average molecular weight is 343 g/mol. The van der Waals surface area contributed by atoms with E-state index in [2.05, 4.69) is 15.0 Å². The van der Waals surface area contributed by atoms with Gasteiger partial charge in [-0.1, -0.05) is 12.1 Å². The number of aromatic nitrogens is 1. The van der Waals surface area contributed by atoms with Gasteiger partial charge in [-0.2, -0.15) is 0 Å². The van der Waals surface area contributed by atoms with Crippen molar-refractivity contribution in [2.24, 2.45) is 0 Å². The van der Waals surface area contributed by atoms with Crippen LogP contribution in [-0.4, -0.2) is 43.8 Å². The second-order valence-corrected chi connectivity index (χ2v) is 4.95. The van der Waals surface area contributed by atoms with E-state index in [1.54, 1.807) is 12.1 Å². The lowest BCUT2D eigenvalue weighted by atomic mass is 10.1. The Morgan fingerprint density at radius 1 is 1.16 bits per heavy atom. The molecule has 0 saturated heterocycles. The van der Waals surface area contributed by atoms with E-state index >= 15 is 0 Å². The molecule has 0 aliphatic carbocycles. The number of amides is 1. The molecule has 0 spiro atoms. The van der Waals surface area contributed by atoms with E-state index in [1.165, 1.54) is 26.4 Å². The fraction of sp³-hybridized carbons (Fsp3) is 0.176. The van der Waals surface area contributed by atoms with Crippen LogP contribution in [-0.2, 0) is 9.53 Å². The minimum atomic E-state index is -0.719. The molecule has 0 atom stereocenters. The number of hydrogen-bond donors (Lipinski definition) is 3. The second-order valence-electron chi connectivity index (χ2n) is 4.95. The number of nitrogens with zero attached hydrogens (tertiary/aromatic N) is 1. The van der Waals surface area contributed by atoms with Gasteiger partial charge in [0.15, 0.2) is 5.69 Å². The summed E-state index contributed by atoms with van der Waals surface area (Å²) in [5, 5.41) is 12.5. The van der Waals surface area contributed by atoms with E-state index in [9.17, 15) is 9.59 Å². The number of carbonyl (C=O) groups excluding carboxylic acids is 2. The number of ether oxygens (including phenoxy) is 2. The highest BCUT2D eigenvalue weighted by Gasteiger charge is 2.21. The molecule has 0 saturated carbocycles. The smallest absolute Gasteiger partial charge is 0.358 e. The zero-order valence-corrected chi connectivity index (χ0v) is 14.1. The topological polar surface area (TPSA) is 118 Å². The first-order valence-electron chi connectivity index (χ1n) is 7.43. The molecule has 0 fully saturated rings. The van der Waals surface area contributed by atoms with Crippen LogP contribution in [0.4, 0.5) is 11.4 Å². The van der Waals surface area contributed by atoms with Crippen molar-refractivity contribution in [3.8, 4) is 5.88 Å². The van der Waals surface area contributed by atoms with Crippen molar-refractivity contribution in [3.63, 3.8) is 0 Å². The molecule has 1 aromatic heterocycles. The van der Waals surface area contributed by atoms with Crippen LogP contribution in [0.3, 0.4) is 0 Å². The highest BCUT2D eigenvalue weighted by Crippen LogP contribution is 2.20. The Kier molecular flexibility index (Phi) is 5.80. The fourth-order valence-electron chi connectivity index (χ4n) is 2.19. The van der Waals surface area contributed by atoms with Gasteiger partial charge >= 0.3 is 5.97 Å². The molecule has 0 aliphatic heterocycles. The first-order valence-corrected chi connectivity index (χ1v) is 7.43. The molecule has 130 valence electrons. The van der Waals surface area contributed by atoms with Crippen molar-refractivity contribution in [2.45, 2.75) is 0 Å². The molecule has 1 heterocycles. The molecule has 2 aromatic rings. The molecular weight excluding hydrogens is 324 g/mol. The van der Waals surface area contributed by atoms with E-state index in [-0.39, 0.29) is 23.0 Å². The summed E-state index contributed by atoms with van der Waals surface area (Å²) in [7, 11) is 4.45. The van der Waals surface area contributed by atoms with Gasteiger partial charge in [-0.3, -0.25) is 10.2 Å². The fourth-order valence-corrected chi connectivity index (χ4v) is 2.19. The van der Waals surface area contributed by atoms with Crippen molar-refractivity contribution in [1.29, 1.82) is 5.41 Å². The number of anilines is 1. The van der Waals surface area contributed by atoms with Crippen LogP contribution in [0, 0.1) is 5.41 Å². The number of pyridine rings is 1. The standard InChI is InChI=1S/C17H18N4O4/c1-19-11-7-5-4-6-10(11)14(18)16(22)20-12-8-9-13(24-2)21-15(12)17(23)25-3/h4-9,18-19H,1-3H3,(H,20,22)/p+1. The summed E-state index contributed by atoms with van der Waals surface area (Å²) in [5.41, 5.74) is 1.08. The van der Waals surface area contributed by atoms with Crippen LogP contribution < -0.4 is 15.4 Å². The zero-order chi connectivity index (χ0) is 18.4. The third kappa shape index (κ3) is 3.99. The molecule has 8 nitrogen and oxygen atoms in total. The number of benzene rings is 1. The van der Waals surface area contributed by atoms with Gasteiger partial charge in [0.05, 0.1) is 32.5 Å². The molecule has 0 radical (unpaired) electrons. The molecule has 25 heavy (non-hydrogen) atoms. The van der Waals surface area contributed by atoms with Gasteiger partial charge in [0.25, 0.3) is 5.91 Å². The minimum Gasteiger partial charge on any atom is -0.481 e. The summed E-state index contributed by atoms with van der Waals surface area (Å²) in [6.07, 6.45) is 0. The van der Waals surface area contributed by atoms with Crippen LogP contribution in [0.25, 0.3) is 0 Å². The summed E-state index contributed by atoms with van der Waals surface area (Å²) < 4.78 is 9.65. The maximum Gasteiger partial charge on any atom is 0.358 e. The normalized spacial score (nSPS) is 10.0. The Labute approximate surface area is 144 Å². The first kappa shape index (κ1) is 18.1. The Morgan fingerprint density at radius 2 is 1.88 bits per heavy atom. The van der Waals surface area contributed by atoms with Gasteiger partial charge in [0, 0.05) is 6.07 Å². The number of hydrogen-bond acceptors (Lipinski definition) is 6. The van der Waals surface area contributed by atoms with E-state index in [0.29, 0.717) is 5.56 Å². The maximum absolute atomic E-state index is 12.4. The molecule has 4 N–H and O–H groups in total. The highest BCUT2D eigenvalue weighted by molar-refractivity contribution is 6.48. The van der Waals surface area contributed by atoms with Crippen molar-refractivity contribution in [2.75, 3.05) is 26.6 Å². The van der Waals surface area contributed by atoms with Crippen LogP contribution in [0.2, 0.25) is 0 Å². The number of rotatable bonds is 6. The van der Waals surface area contributed by atoms with Crippen LogP contribution in [0.15, 0.2) is 36.4 Å². The molecule has 2 rings (SSSR count). The summed E-state index contributed by atoms with van der Waals surface area (Å²) in [6.45, 7) is 0. The van der Waals surface area contributed by atoms with Gasteiger partial charge in [-0.05, 0) is 18.2 Å². The quantitative estimate of drug-likeness (QED) is 0.405. The summed E-state index contributed by atoms with van der Waals surface area (Å²) >= 11 is 0.